The molecule has 1 unspecified atom stereocenters. The number of nitrogens with zero attached hydrogens (tertiary/aromatic N) is 1. The number of benzene rings is 1. The van der Waals surface area contributed by atoms with Crippen LogP contribution in [0.4, 0.5) is 5.69 Å². The molecule has 0 amide bonds. The van der Waals surface area contributed by atoms with E-state index in [0.717, 1.165) is 18.4 Å². The highest BCUT2D eigenvalue weighted by Crippen LogP contribution is 2.38. The molecule has 1 fully saturated rings. The maximum atomic E-state index is 12.9. The van der Waals surface area contributed by atoms with Gasteiger partial charge in [-0.05, 0) is 53.4 Å². The van der Waals surface area contributed by atoms with E-state index in [-0.39, 0.29) is 16.6 Å². The van der Waals surface area contributed by atoms with E-state index in [9.17, 15) is 8.42 Å². The van der Waals surface area contributed by atoms with Crippen LogP contribution in [0.2, 0.25) is 0 Å². The molecule has 1 aliphatic heterocycles. The van der Waals surface area contributed by atoms with E-state index in [0.29, 0.717) is 11.0 Å². The average Bonchev–Trinajstić information content (AvgIpc) is 3.10. The molecule has 1 atom stereocenters. The van der Waals surface area contributed by atoms with Crippen molar-refractivity contribution in [3.63, 3.8) is 0 Å². The Hall–Kier alpha value is -0.890. The molecule has 1 aliphatic rings. The number of halogens is 1. The first-order valence-corrected chi connectivity index (χ1v) is 9.77. The minimum absolute atomic E-state index is 0.0837. The summed E-state index contributed by atoms with van der Waals surface area (Å²) >= 11 is 4.90. The van der Waals surface area contributed by atoms with E-state index in [1.807, 2.05) is 16.8 Å². The van der Waals surface area contributed by atoms with Crippen LogP contribution in [0.25, 0.3) is 0 Å². The summed E-state index contributed by atoms with van der Waals surface area (Å²) in [5, 5.41) is 3.99. The molecular weight excluding hydrogens is 372 g/mol. The normalized spacial score (nSPS) is 20.0. The summed E-state index contributed by atoms with van der Waals surface area (Å²) in [5.74, 6) is 0. The average molecular weight is 387 g/mol. The summed E-state index contributed by atoms with van der Waals surface area (Å²) in [5.41, 5.74) is 7.23. The summed E-state index contributed by atoms with van der Waals surface area (Å²) in [4.78, 5) is 0.180. The second-order valence-corrected chi connectivity index (χ2v) is 8.57. The highest BCUT2D eigenvalue weighted by molar-refractivity contribution is 9.10. The third-order valence-corrected chi connectivity index (χ3v) is 6.85. The summed E-state index contributed by atoms with van der Waals surface area (Å²) in [7, 11) is -3.58. The van der Waals surface area contributed by atoms with Gasteiger partial charge in [0, 0.05) is 11.0 Å². The monoisotopic (exact) mass is 386 g/mol. The fourth-order valence-electron chi connectivity index (χ4n) is 2.68. The largest absolute Gasteiger partial charge is 0.398 e. The molecule has 0 aliphatic carbocycles. The van der Waals surface area contributed by atoms with Crippen molar-refractivity contribution in [1.82, 2.24) is 4.31 Å². The van der Waals surface area contributed by atoms with E-state index in [4.69, 9.17) is 5.73 Å². The van der Waals surface area contributed by atoms with E-state index in [1.165, 1.54) is 0 Å². The number of sulfonamides is 1. The van der Waals surface area contributed by atoms with E-state index >= 15 is 0 Å². The molecule has 0 spiro atoms. The Balaban J connectivity index is 2.03. The van der Waals surface area contributed by atoms with Crippen molar-refractivity contribution < 1.29 is 8.42 Å². The molecule has 1 aromatic heterocycles. The predicted molar refractivity (Wildman–Crippen MR) is 88.7 cm³/mol. The van der Waals surface area contributed by atoms with Crippen molar-refractivity contribution in [3.8, 4) is 0 Å². The van der Waals surface area contributed by atoms with E-state index in [2.05, 4.69) is 15.9 Å². The molecule has 0 bridgehead atoms. The lowest BCUT2D eigenvalue weighted by Crippen LogP contribution is -2.31. The lowest BCUT2D eigenvalue weighted by atomic mass is 10.1. The van der Waals surface area contributed by atoms with Gasteiger partial charge >= 0.3 is 0 Å². The van der Waals surface area contributed by atoms with Crippen molar-refractivity contribution >= 4 is 43.0 Å². The van der Waals surface area contributed by atoms with Crippen LogP contribution in [0.5, 0.6) is 0 Å². The minimum Gasteiger partial charge on any atom is -0.398 e. The van der Waals surface area contributed by atoms with Crippen molar-refractivity contribution in [1.29, 1.82) is 0 Å². The van der Waals surface area contributed by atoms with E-state index < -0.39 is 10.0 Å². The third-order valence-electron chi connectivity index (χ3n) is 3.69. The zero-order valence-corrected chi connectivity index (χ0v) is 14.4. The molecular formula is C14H15BrN2O2S2. The summed E-state index contributed by atoms with van der Waals surface area (Å²) in [6.07, 6.45) is 1.72. The maximum absolute atomic E-state index is 12.9. The fraction of sp³-hybridized carbons (Fsp3) is 0.286. The zero-order valence-electron chi connectivity index (χ0n) is 11.2. The first-order chi connectivity index (χ1) is 10.00. The molecule has 0 radical (unpaired) electrons. The van der Waals surface area contributed by atoms with Gasteiger partial charge in [0.05, 0.1) is 11.7 Å². The molecule has 1 aromatic carbocycles. The lowest BCUT2D eigenvalue weighted by Gasteiger charge is -2.24. The van der Waals surface area contributed by atoms with Crippen LogP contribution >= 0.6 is 27.3 Å². The van der Waals surface area contributed by atoms with Gasteiger partial charge in [-0.3, -0.25) is 0 Å². The molecule has 1 saturated heterocycles. The summed E-state index contributed by atoms with van der Waals surface area (Å²) < 4.78 is 28.2. The Kier molecular flexibility index (Phi) is 4.09. The SMILES string of the molecule is Nc1ccc(Br)cc1S(=O)(=O)N1CCCC1c1ccsc1. The van der Waals surface area contributed by atoms with Crippen LogP contribution in [-0.2, 0) is 10.0 Å². The van der Waals surface area contributed by atoms with Gasteiger partial charge in [0.25, 0.3) is 0 Å². The van der Waals surface area contributed by atoms with Gasteiger partial charge < -0.3 is 5.73 Å². The van der Waals surface area contributed by atoms with Gasteiger partial charge in [-0.25, -0.2) is 8.42 Å². The van der Waals surface area contributed by atoms with Crippen molar-refractivity contribution in [3.05, 3.63) is 45.1 Å². The second kappa shape index (κ2) is 5.72. The number of hydrogen-bond donors (Lipinski definition) is 1. The molecule has 21 heavy (non-hydrogen) atoms. The van der Waals surface area contributed by atoms with Crippen LogP contribution in [-0.4, -0.2) is 19.3 Å². The Bertz CT molecular complexity index is 744. The first kappa shape index (κ1) is 15.0. The number of rotatable bonds is 3. The van der Waals surface area contributed by atoms with Crippen molar-refractivity contribution in [2.45, 2.75) is 23.8 Å². The van der Waals surface area contributed by atoms with Gasteiger partial charge in [-0.15, -0.1) is 0 Å². The molecule has 112 valence electrons. The van der Waals surface area contributed by atoms with Crippen molar-refractivity contribution in [2.75, 3.05) is 12.3 Å². The second-order valence-electron chi connectivity index (χ2n) is 5.01. The smallest absolute Gasteiger partial charge is 0.245 e. The number of anilines is 1. The molecule has 2 N–H and O–H groups in total. The minimum atomic E-state index is -3.58. The highest BCUT2D eigenvalue weighted by atomic mass is 79.9. The number of hydrogen-bond acceptors (Lipinski definition) is 4. The number of thiophene rings is 1. The molecule has 0 saturated carbocycles. The molecule has 2 aromatic rings. The Morgan fingerprint density at radius 3 is 2.86 bits per heavy atom. The third kappa shape index (κ3) is 2.75. The summed E-state index contributed by atoms with van der Waals surface area (Å²) in [6, 6.07) is 6.85. The Morgan fingerprint density at radius 1 is 1.33 bits per heavy atom. The number of nitrogen functional groups attached to an aromatic ring is 1. The molecule has 2 heterocycles. The fourth-order valence-corrected chi connectivity index (χ4v) is 5.73. The van der Waals surface area contributed by atoms with Crippen LogP contribution in [0.1, 0.15) is 24.4 Å². The standard InChI is InChI=1S/C14H15BrN2O2S2/c15-11-3-4-12(16)14(8-11)21(18,19)17-6-1-2-13(17)10-5-7-20-9-10/h3-5,7-9,13H,1-2,6,16H2. The van der Waals surface area contributed by atoms with Gasteiger partial charge in [-0.1, -0.05) is 15.9 Å². The molecule has 3 rings (SSSR count). The predicted octanol–water partition coefficient (Wildman–Crippen LogP) is 3.62. The van der Waals surface area contributed by atoms with Crippen LogP contribution in [0.3, 0.4) is 0 Å². The molecule has 7 heteroatoms. The zero-order chi connectivity index (χ0) is 15.0. The summed E-state index contributed by atoms with van der Waals surface area (Å²) in [6.45, 7) is 0.537. The van der Waals surface area contributed by atoms with E-state index in [1.54, 1.807) is 33.8 Å². The lowest BCUT2D eigenvalue weighted by molar-refractivity contribution is 0.397. The quantitative estimate of drug-likeness (QED) is 0.819. The van der Waals surface area contributed by atoms with Crippen LogP contribution < -0.4 is 5.73 Å². The maximum Gasteiger partial charge on any atom is 0.245 e. The van der Waals surface area contributed by atoms with Crippen molar-refractivity contribution in [2.24, 2.45) is 0 Å². The number of nitrogens with two attached hydrogens (primary N) is 1. The van der Waals surface area contributed by atoms with Crippen LogP contribution in [0, 0.1) is 0 Å². The van der Waals surface area contributed by atoms with Gasteiger partial charge in [0.1, 0.15) is 4.90 Å². The first-order valence-electron chi connectivity index (χ1n) is 6.59. The van der Waals surface area contributed by atoms with Gasteiger partial charge in [0.2, 0.25) is 10.0 Å². The Morgan fingerprint density at radius 2 is 2.14 bits per heavy atom. The van der Waals surface area contributed by atoms with Crippen LogP contribution in [0.15, 0.2) is 44.4 Å². The van der Waals surface area contributed by atoms with Gasteiger partial charge in [-0.2, -0.15) is 15.6 Å². The highest BCUT2D eigenvalue weighted by Gasteiger charge is 2.37. The van der Waals surface area contributed by atoms with Gasteiger partial charge in [0.15, 0.2) is 0 Å². The molecule has 4 nitrogen and oxygen atoms in total. The topological polar surface area (TPSA) is 63.4 Å². The Labute approximate surface area is 136 Å².